The maximum atomic E-state index is 9.00. The summed E-state index contributed by atoms with van der Waals surface area (Å²) in [7, 11) is 0. The Bertz CT molecular complexity index is 82.4. The third-order valence-corrected chi connectivity index (χ3v) is 0.671. The predicted molar refractivity (Wildman–Crippen MR) is 65.4 cm³/mol. The number of aliphatic carboxylic acids is 1. The number of aliphatic hydroxyl groups excluding tert-OH is 3. The van der Waals surface area contributed by atoms with Gasteiger partial charge in [-0.1, -0.05) is 20.8 Å². The standard InChI is InChI=1S/3C3H8O.C2H4O2.Ti/c3*1-2-3-4;1-2(3)4;/h3*4H,2-3H2,1H3;1H3,(H,3,4);. The fraction of sp³-hybridized carbons (Fsp3) is 0.909. The van der Waals surface area contributed by atoms with Crippen LogP contribution in [0.3, 0.4) is 0 Å². The van der Waals surface area contributed by atoms with Crippen LogP contribution in [0.4, 0.5) is 0 Å². The van der Waals surface area contributed by atoms with Gasteiger partial charge >= 0.3 is 0 Å². The second-order valence-electron chi connectivity index (χ2n) is 2.69. The minimum Gasteiger partial charge on any atom is -0.481 e. The van der Waals surface area contributed by atoms with E-state index in [0.717, 1.165) is 26.2 Å². The first-order valence-electron chi connectivity index (χ1n) is 5.50. The molecule has 0 rings (SSSR count). The van der Waals surface area contributed by atoms with Crippen molar-refractivity contribution in [2.75, 3.05) is 19.8 Å². The predicted octanol–water partition coefficient (Wildman–Crippen LogP) is 1.25. The number of hydrogen-bond donors (Lipinski definition) is 4. The summed E-state index contributed by atoms with van der Waals surface area (Å²) in [6.07, 6.45) is 2.62. The van der Waals surface area contributed by atoms with Crippen molar-refractivity contribution in [1.82, 2.24) is 0 Å². The fourth-order valence-corrected chi connectivity index (χ4v) is 0. The number of aliphatic hydroxyl groups is 3. The SMILES string of the molecule is CC(=O)O.CCCO.CCCO.CCCO.[Ti]. The molecule has 0 aliphatic carbocycles. The van der Waals surface area contributed by atoms with Crippen LogP contribution in [-0.4, -0.2) is 46.2 Å². The molecule has 106 valence electrons. The minimum atomic E-state index is -0.833. The van der Waals surface area contributed by atoms with Crippen LogP contribution < -0.4 is 0 Å². The Morgan fingerprint density at radius 3 is 0.882 bits per heavy atom. The van der Waals surface area contributed by atoms with Crippen LogP contribution in [-0.2, 0) is 26.5 Å². The zero-order valence-corrected chi connectivity index (χ0v) is 13.0. The van der Waals surface area contributed by atoms with Crippen molar-refractivity contribution in [2.45, 2.75) is 47.0 Å². The topological polar surface area (TPSA) is 98.0 Å². The Labute approximate surface area is 120 Å². The molecule has 0 aliphatic rings. The molecule has 0 saturated heterocycles. The van der Waals surface area contributed by atoms with Gasteiger partial charge in [0.25, 0.3) is 5.97 Å². The molecule has 0 fully saturated rings. The van der Waals surface area contributed by atoms with Crippen LogP contribution in [0.25, 0.3) is 0 Å². The van der Waals surface area contributed by atoms with Crippen molar-refractivity contribution in [3.8, 4) is 0 Å². The van der Waals surface area contributed by atoms with Crippen molar-refractivity contribution < 1.29 is 46.9 Å². The molecule has 0 aromatic carbocycles. The van der Waals surface area contributed by atoms with Gasteiger partial charge in [-0.25, -0.2) is 0 Å². The normalized spacial score (nSPS) is 6.76. The minimum absolute atomic E-state index is 0. The molecule has 0 bridgehead atoms. The molecule has 17 heavy (non-hydrogen) atoms. The van der Waals surface area contributed by atoms with Crippen molar-refractivity contribution in [1.29, 1.82) is 0 Å². The monoisotopic (exact) mass is 288 g/mol. The van der Waals surface area contributed by atoms with E-state index in [1.165, 1.54) is 0 Å². The summed E-state index contributed by atoms with van der Waals surface area (Å²) >= 11 is 0. The molecular weight excluding hydrogens is 260 g/mol. The Hall–Kier alpha value is 0.0643. The van der Waals surface area contributed by atoms with E-state index in [-0.39, 0.29) is 21.7 Å². The second kappa shape index (κ2) is 44.4. The van der Waals surface area contributed by atoms with Crippen LogP contribution in [0.15, 0.2) is 0 Å². The van der Waals surface area contributed by atoms with E-state index in [2.05, 4.69) is 0 Å². The van der Waals surface area contributed by atoms with Gasteiger partial charge in [-0.05, 0) is 19.3 Å². The van der Waals surface area contributed by atoms with Crippen LogP contribution in [0.2, 0.25) is 0 Å². The second-order valence-corrected chi connectivity index (χ2v) is 2.69. The summed E-state index contributed by atoms with van der Waals surface area (Å²) < 4.78 is 0. The third kappa shape index (κ3) is 338. The molecule has 5 nitrogen and oxygen atoms in total. The van der Waals surface area contributed by atoms with Gasteiger partial charge in [0.1, 0.15) is 0 Å². The van der Waals surface area contributed by atoms with E-state index in [4.69, 9.17) is 25.2 Å². The first kappa shape index (κ1) is 30.3. The number of carboxylic acids is 1. The van der Waals surface area contributed by atoms with Crippen LogP contribution in [0.5, 0.6) is 0 Å². The van der Waals surface area contributed by atoms with Crippen LogP contribution in [0, 0.1) is 0 Å². The van der Waals surface area contributed by atoms with E-state index >= 15 is 0 Å². The molecule has 4 N–H and O–H groups in total. The maximum Gasteiger partial charge on any atom is 0.300 e. The zero-order valence-electron chi connectivity index (χ0n) is 11.4. The smallest absolute Gasteiger partial charge is 0.300 e. The molecule has 0 atom stereocenters. The van der Waals surface area contributed by atoms with Crippen molar-refractivity contribution in [3.05, 3.63) is 0 Å². The van der Waals surface area contributed by atoms with Gasteiger partial charge in [-0.2, -0.15) is 0 Å². The molecule has 6 heteroatoms. The van der Waals surface area contributed by atoms with Gasteiger partial charge in [-0.3, -0.25) is 4.79 Å². The number of hydrogen-bond acceptors (Lipinski definition) is 4. The number of rotatable bonds is 3. The van der Waals surface area contributed by atoms with Crippen molar-refractivity contribution in [2.24, 2.45) is 0 Å². The molecule has 0 spiro atoms. The first-order chi connectivity index (χ1) is 7.47. The van der Waals surface area contributed by atoms with Gasteiger partial charge in [-0.15, -0.1) is 0 Å². The Balaban J connectivity index is -0.0000000369. The molecular formula is C11H28O5Ti. The Morgan fingerprint density at radius 1 is 0.824 bits per heavy atom. The zero-order chi connectivity index (χ0) is 13.8. The Morgan fingerprint density at radius 2 is 0.882 bits per heavy atom. The molecule has 0 aliphatic heterocycles. The summed E-state index contributed by atoms with van der Waals surface area (Å²) in [5.74, 6) is -0.833. The fourth-order valence-electron chi connectivity index (χ4n) is 0. The van der Waals surface area contributed by atoms with Gasteiger partial charge in [0.15, 0.2) is 0 Å². The number of carboxylic acid groups (broad SMARTS) is 1. The van der Waals surface area contributed by atoms with Gasteiger partial charge < -0.3 is 20.4 Å². The summed E-state index contributed by atoms with van der Waals surface area (Å²) in [6.45, 7) is 7.83. The first-order valence-corrected chi connectivity index (χ1v) is 5.50. The van der Waals surface area contributed by atoms with Crippen LogP contribution >= 0.6 is 0 Å². The maximum absolute atomic E-state index is 9.00. The summed E-state index contributed by atoms with van der Waals surface area (Å²) in [6, 6.07) is 0. The summed E-state index contributed by atoms with van der Waals surface area (Å²) in [4.78, 5) is 9.00. The number of carbonyl (C=O) groups is 1. The molecule has 0 aromatic rings. The average Bonchev–Trinajstić information content (AvgIpc) is 2.28. The van der Waals surface area contributed by atoms with E-state index < -0.39 is 5.97 Å². The molecule has 0 unspecified atom stereocenters. The quantitative estimate of drug-likeness (QED) is 0.586. The molecule has 0 heterocycles. The van der Waals surface area contributed by atoms with E-state index in [1.807, 2.05) is 20.8 Å². The molecule has 0 aromatic heterocycles. The average molecular weight is 288 g/mol. The van der Waals surface area contributed by atoms with E-state index in [1.54, 1.807) is 0 Å². The molecule has 0 amide bonds. The van der Waals surface area contributed by atoms with E-state index in [0.29, 0.717) is 19.8 Å². The summed E-state index contributed by atoms with van der Waals surface area (Å²) in [5.41, 5.74) is 0. The largest absolute Gasteiger partial charge is 0.481 e. The van der Waals surface area contributed by atoms with Crippen molar-refractivity contribution >= 4 is 5.97 Å². The summed E-state index contributed by atoms with van der Waals surface area (Å²) in [5, 5.41) is 31.0. The van der Waals surface area contributed by atoms with E-state index in [9.17, 15) is 0 Å². The third-order valence-electron chi connectivity index (χ3n) is 0.671. The Kier molecular flexibility index (Phi) is 79.0. The van der Waals surface area contributed by atoms with Gasteiger partial charge in [0.05, 0.1) is 0 Å². The van der Waals surface area contributed by atoms with Gasteiger partial charge in [0, 0.05) is 48.5 Å². The van der Waals surface area contributed by atoms with Gasteiger partial charge in [0.2, 0.25) is 0 Å². The van der Waals surface area contributed by atoms with Crippen molar-refractivity contribution in [3.63, 3.8) is 0 Å². The molecule has 0 radical (unpaired) electrons. The molecule has 0 saturated carbocycles. The van der Waals surface area contributed by atoms with Crippen LogP contribution in [0.1, 0.15) is 47.0 Å².